The van der Waals surface area contributed by atoms with Crippen molar-refractivity contribution in [3.05, 3.63) is 29.8 Å². The molecular formula is C11H15NOS2. The molecule has 0 spiro atoms. The van der Waals surface area contributed by atoms with E-state index in [1.54, 1.807) is 0 Å². The van der Waals surface area contributed by atoms with E-state index in [1.165, 1.54) is 0 Å². The zero-order chi connectivity index (χ0) is 11.1. The average Bonchev–Trinajstić information content (AvgIpc) is 2.25. The van der Waals surface area contributed by atoms with E-state index in [1.807, 2.05) is 36.0 Å². The van der Waals surface area contributed by atoms with Gasteiger partial charge in [-0.2, -0.15) is 11.8 Å². The summed E-state index contributed by atoms with van der Waals surface area (Å²) in [4.78, 5) is 0.407. The van der Waals surface area contributed by atoms with Crippen LogP contribution >= 0.6 is 24.0 Å². The largest absolute Gasteiger partial charge is 0.494 e. The normalized spacial score (nSPS) is 9.93. The zero-order valence-corrected chi connectivity index (χ0v) is 10.4. The third kappa shape index (κ3) is 4.53. The van der Waals surface area contributed by atoms with Crippen LogP contribution in [-0.4, -0.2) is 23.6 Å². The summed E-state index contributed by atoms with van der Waals surface area (Å²) in [5.41, 5.74) is 6.39. The molecule has 0 saturated heterocycles. The molecule has 0 atom stereocenters. The van der Waals surface area contributed by atoms with Crippen molar-refractivity contribution < 1.29 is 4.74 Å². The number of thiocarbonyl (C=S) groups is 1. The van der Waals surface area contributed by atoms with E-state index < -0.39 is 0 Å². The number of benzene rings is 1. The van der Waals surface area contributed by atoms with Crippen molar-refractivity contribution in [2.75, 3.05) is 18.6 Å². The highest BCUT2D eigenvalue weighted by Crippen LogP contribution is 2.13. The molecule has 2 N–H and O–H groups in total. The van der Waals surface area contributed by atoms with Gasteiger partial charge in [0, 0.05) is 5.56 Å². The zero-order valence-electron chi connectivity index (χ0n) is 8.73. The van der Waals surface area contributed by atoms with Crippen molar-refractivity contribution in [3.63, 3.8) is 0 Å². The lowest BCUT2D eigenvalue weighted by molar-refractivity contribution is 0.318. The maximum Gasteiger partial charge on any atom is 0.119 e. The smallest absolute Gasteiger partial charge is 0.119 e. The van der Waals surface area contributed by atoms with Crippen LogP contribution in [0.2, 0.25) is 0 Å². The highest BCUT2D eigenvalue weighted by Gasteiger charge is 1.98. The average molecular weight is 241 g/mol. The lowest BCUT2D eigenvalue weighted by atomic mass is 10.2. The quantitative estimate of drug-likeness (QED) is 0.613. The van der Waals surface area contributed by atoms with Crippen LogP contribution in [0.25, 0.3) is 0 Å². The summed E-state index contributed by atoms with van der Waals surface area (Å²) in [7, 11) is 0. The van der Waals surface area contributed by atoms with Crippen LogP contribution in [-0.2, 0) is 0 Å². The fourth-order valence-corrected chi connectivity index (χ4v) is 1.67. The summed E-state index contributed by atoms with van der Waals surface area (Å²) < 4.78 is 5.57. The van der Waals surface area contributed by atoms with Crippen LogP contribution in [0.15, 0.2) is 24.3 Å². The van der Waals surface area contributed by atoms with Crippen molar-refractivity contribution in [3.8, 4) is 5.75 Å². The second-order valence-electron chi connectivity index (χ2n) is 3.09. The Morgan fingerprint density at radius 1 is 1.53 bits per heavy atom. The summed E-state index contributed by atoms with van der Waals surface area (Å²) in [5.74, 6) is 1.95. The molecule has 0 heterocycles. The molecule has 0 radical (unpaired) electrons. The minimum absolute atomic E-state index is 0.407. The highest BCUT2D eigenvalue weighted by atomic mass is 32.2. The minimum Gasteiger partial charge on any atom is -0.494 e. The molecule has 4 heteroatoms. The van der Waals surface area contributed by atoms with Gasteiger partial charge in [-0.15, -0.1) is 0 Å². The first-order valence-corrected chi connectivity index (χ1v) is 6.56. The van der Waals surface area contributed by atoms with Gasteiger partial charge in [-0.05, 0) is 30.6 Å². The van der Waals surface area contributed by atoms with Crippen LogP contribution in [0.1, 0.15) is 12.0 Å². The van der Waals surface area contributed by atoms with Crippen molar-refractivity contribution in [1.29, 1.82) is 0 Å². The first-order chi connectivity index (χ1) is 7.24. The first kappa shape index (κ1) is 12.3. The molecule has 0 aliphatic carbocycles. The lowest BCUT2D eigenvalue weighted by Gasteiger charge is -2.06. The Morgan fingerprint density at radius 3 is 3.00 bits per heavy atom. The molecule has 0 unspecified atom stereocenters. The van der Waals surface area contributed by atoms with Gasteiger partial charge in [0.2, 0.25) is 0 Å². The van der Waals surface area contributed by atoms with Crippen molar-refractivity contribution in [2.45, 2.75) is 6.42 Å². The first-order valence-electron chi connectivity index (χ1n) is 4.75. The molecule has 0 aliphatic rings. The number of hydrogen-bond acceptors (Lipinski definition) is 3. The number of hydrogen-bond donors (Lipinski definition) is 1. The highest BCUT2D eigenvalue weighted by molar-refractivity contribution is 7.98. The van der Waals surface area contributed by atoms with Crippen LogP contribution in [0.3, 0.4) is 0 Å². The van der Waals surface area contributed by atoms with E-state index in [-0.39, 0.29) is 0 Å². The molecule has 1 rings (SSSR count). The van der Waals surface area contributed by atoms with Crippen molar-refractivity contribution in [2.24, 2.45) is 5.73 Å². The molecule has 0 amide bonds. The van der Waals surface area contributed by atoms with Gasteiger partial charge >= 0.3 is 0 Å². The summed E-state index contributed by atoms with van der Waals surface area (Å²) >= 11 is 6.72. The van der Waals surface area contributed by atoms with Gasteiger partial charge in [0.15, 0.2) is 0 Å². The van der Waals surface area contributed by atoms with Crippen LogP contribution < -0.4 is 10.5 Å². The Morgan fingerprint density at radius 2 is 2.33 bits per heavy atom. The number of nitrogens with two attached hydrogens (primary N) is 1. The number of rotatable bonds is 6. The van der Waals surface area contributed by atoms with Crippen molar-refractivity contribution in [1.82, 2.24) is 0 Å². The molecule has 0 aromatic heterocycles. The third-order valence-electron chi connectivity index (χ3n) is 1.88. The molecule has 0 bridgehead atoms. The summed E-state index contributed by atoms with van der Waals surface area (Å²) in [6, 6.07) is 7.58. The Kier molecular flexibility index (Phi) is 5.50. The standard InChI is InChI=1S/C11H15NOS2/c1-15-7-3-6-13-10-5-2-4-9(8-10)11(12)14/h2,4-5,8H,3,6-7H2,1H3,(H2,12,14). The van der Waals surface area contributed by atoms with Crippen LogP contribution in [0.4, 0.5) is 0 Å². The molecule has 2 nitrogen and oxygen atoms in total. The van der Waals surface area contributed by atoms with Gasteiger partial charge in [0.1, 0.15) is 10.7 Å². The molecular weight excluding hydrogens is 226 g/mol. The monoisotopic (exact) mass is 241 g/mol. The van der Waals surface area contributed by atoms with E-state index in [2.05, 4.69) is 6.26 Å². The molecule has 0 fully saturated rings. The number of ether oxygens (including phenoxy) is 1. The molecule has 0 saturated carbocycles. The van der Waals surface area contributed by atoms with Crippen LogP contribution in [0.5, 0.6) is 5.75 Å². The Hall–Kier alpha value is -0.740. The van der Waals surface area contributed by atoms with Gasteiger partial charge in [0.25, 0.3) is 0 Å². The predicted molar refractivity (Wildman–Crippen MR) is 70.8 cm³/mol. The van der Waals surface area contributed by atoms with Crippen molar-refractivity contribution >= 4 is 29.0 Å². The fourth-order valence-electron chi connectivity index (χ4n) is 1.13. The lowest BCUT2D eigenvalue weighted by Crippen LogP contribution is -2.09. The van der Waals surface area contributed by atoms with Gasteiger partial charge in [0.05, 0.1) is 6.61 Å². The molecule has 1 aromatic rings. The summed E-state index contributed by atoms with van der Waals surface area (Å²) in [6.45, 7) is 0.738. The van der Waals surface area contributed by atoms with Gasteiger partial charge < -0.3 is 10.5 Å². The fraction of sp³-hybridized carbons (Fsp3) is 0.364. The number of thioether (sulfide) groups is 1. The van der Waals surface area contributed by atoms with E-state index >= 15 is 0 Å². The maximum absolute atomic E-state index is 5.57. The Balaban J connectivity index is 2.47. The predicted octanol–water partition coefficient (Wildman–Crippen LogP) is 2.45. The topological polar surface area (TPSA) is 35.2 Å². The van der Waals surface area contributed by atoms with E-state index in [4.69, 9.17) is 22.7 Å². The molecule has 15 heavy (non-hydrogen) atoms. The van der Waals surface area contributed by atoms with Gasteiger partial charge in [-0.1, -0.05) is 24.4 Å². The van der Waals surface area contributed by atoms with Gasteiger partial charge in [-0.3, -0.25) is 0 Å². The van der Waals surface area contributed by atoms with Gasteiger partial charge in [-0.25, -0.2) is 0 Å². The van der Waals surface area contributed by atoms with E-state index in [0.29, 0.717) is 4.99 Å². The molecule has 1 aromatic carbocycles. The second-order valence-corrected chi connectivity index (χ2v) is 4.51. The summed E-state index contributed by atoms with van der Waals surface area (Å²) in [5, 5.41) is 0. The van der Waals surface area contributed by atoms with E-state index in [9.17, 15) is 0 Å². The molecule has 0 aliphatic heterocycles. The minimum atomic E-state index is 0.407. The summed E-state index contributed by atoms with van der Waals surface area (Å²) in [6.07, 6.45) is 3.14. The Bertz CT molecular complexity index is 328. The van der Waals surface area contributed by atoms with E-state index in [0.717, 1.165) is 30.1 Å². The van der Waals surface area contributed by atoms with Crippen LogP contribution in [0, 0.1) is 0 Å². The molecule has 82 valence electrons. The SMILES string of the molecule is CSCCCOc1cccc(C(N)=S)c1. The third-order valence-corrected chi connectivity index (χ3v) is 2.81. The maximum atomic E-state index is 5.57. The Labute approximate surface area is 100 Å². The second kappa shape index (κ2) is 6.69.